The highest BCUT2D eigenvalue weighted by atomic mass is 32.2. The Labute approximate surface area is 207 Å². The molecule has 3 N–H and O–H groups in total. The monoisotopic (exact) mass is 489 g/mol. The number of nitrogens with one attached hydrogen (secondary N) is 3. The number of hydrogen-bond acceptors (Lipinski definition) is 7. The van der Waals surface area contributed by atoms with E-state index in [4.69, 9.17) is 9.47 Å². The SMILES string of the molecule is CCOc1nc(SC)ccc1Nc1n[nH]c2cc([C@@H]3CC3C(=O)Nc3ccc(OC)cc3)ccc12. The standard InChI is InChI=1S/C26H27N5O3S/c1-4-34-26-21(11-12-23(29-26)35-3)28-24-18-10-5-15(13-22(18)30-31-24)19-14-20(19)25(32)27-16-6-8-17(33-2)9-7-16/h5-13,19-20H,4,14H2,1-3H3,(H,27,32)(H2,28,30,31)/t19-,20?/m0/s1. The minimum absolute atomic E-state index is 0.0372. The molecular formula is C26H27N5O3S. The molecule has 35 heavy (non-hydrogen) atoms. The molecule has 2 atom stereocenters. The molecule has 1 aliphatic carbocycles. The van der Waals surface area contributed by atoms with E-state index in [0.29, 0.717) is 18.3 Å². The van der Waals surface area contributed by atoms with Gasteiger partial charge in [0.15, 0.2) is 5.82 Å². The van der Waals surface area contributed by atoms with Crippen molar-refractivity contribution in [3.8, 4) is 11.6 Å². The minimum atomic E-state index is -0.0372. The number of nitrogens with zero attached hydrogens (tertiary/aromatic N) is 2. The second kappa shape index (κ2) is 9.87. The third-order valence-corrected chi connectivity index (χ3v) is 6.72. The normalized spacial score (nSPS) is 16.7. The lowest BCUT2D eigenvalue weighted by atomic mass is 10.1. The van der Waals surface area contributed by atoms with Gasteiger partial charge in [-0.05, 0) is 79.6 Å². The van der Waals surface area contributed by atoms with E-state index >= 15 is 0 Å². The van der Waals surface area contributed by atoms with E-state index in [2.05, 4.69) is 37.9 Å². The molecule has 0 saturated heterocycles. The van der Waals surface area contributed by atoms with Crippen LogP contribution in [0.1, 0.15) is 24.8 Å². The first-order valence-corrected chi connectivity index (χ1v) is 12.7. The van der Waals surface area contributed by atoms with Crippen LogP contribution in [0.2, 0.25) is 0 Å². The number of hydrogen-bond donors (Lipinski definition) is 3. The number of carbonyl (C=O) groups excluding carboxylic acids is 1. The van der Waals surface area contributed by atoms with Gasteiger partial charge in [0, 0.05) is 17.0 Å². The average molecular weight is 490 g/mol. The van der Waals surface area contributed by atoms with Crippen molar-refractivity contribution in [3.63, 3.8) is 0 Å². The van der Waals surface area contributed by atoms with Gasteiger partial charge in [0.2, 0.25) is 11.8 Å². The molecule has 9 heteroatoms. The van der Waals surface area contributed by atoms with Gasteiger partial charge in [-0.3, -0.25) is 9.89 Å². The van der Waals surface area contributed by atoms with Crippen molar-refractivity contribution in [3.05, 3.63) is 60.2 Å². The lowest BCUT2D eigenvalue weighted by molar-refractivity contribution is -0.117. The number of aromatic amines is 1. The average Bonchev–Trinajstić information content (AvgIpc) is 3.60. The smallest absolute Gasteiger partial charge is 0.238 e. The molecule has 4 aromatic rings. The molecule has 1 unspecified atom stereocenters. The molecule has 0 bridgehead atoms. The Hall–Kier alpha value is -3.72. The van der Waals surface area contributed by atoms with Gasteiger partial charge in [-0.2, -0.15) is 5.10 Å². The molecule has 0 spiro atoms. The maximum Gasteiger partial charge on any atom is 0.238 e. The summed E-state index contributed by atoms with van der Waals surface area (Å²) in [5.74, 6) is 2.22. The van der Waals surface area contributed by atoms with Crippen LogP contribution >= 0.6 is 11.8 Å². The fourth-order valence-corrected chi connectivity index (χ4v) is 4.51. The summed E-state index contributed by atoms with van der Waals surface area (Å²) >= 11 is 1.57. The van der Waals surface area contributed by atoms with Gasteiger partial charge in [0.25, 0.3) is 0 Å². The minimum Gasteiger partial charge on any atom is -0.497 e. The van der Waals surface area contributed by atoms with Crippen molar-refractivity contribution < 1.29 is 14.3 Å². The number of aromatic nitrogens is 3. The maximum atomic E-state index is 12.7. The number of anilines is 3. The largest absolute Gasteiger partial charge is 0.497 e. The molecule has 1 saturated carbocycles. The van der Waals surface area contributed by atoms with Crippen molar-refractivity contribution in [2.45, 2.75) is 24.3 Å². The third kappa shape index (κ3) is 4.90. The summed E-state index contributed by atoms with van der Waals surface area (Å²) in [4.78, 5) is 17.3. The second-order valence-electron chi connectivity index (χ2n) is 8.31. The van der Waals surface area contributed by atoms with Gasteiger partial charge < -0.3 is 20.1 Å². The molecular weight excluding hydrogens is 462 g/mol. The topological polar surface area (TPSA) is 101 Å². The number of benzene rings is 2. The summed E-state index contributed by atoms with van der Waals surface area (Å²) in [7, 11) is 1.62. The lowest BCUT2D eigenvalue weighted by Crippen LogP contribution is -2.14. The molecule has 5 rings (SSSR count). The van der Waals surface area contributed by atoms with Gasteiger partial charge in [-0.1, -0.05) is 6.07 Å². The third-order valence-electron chi connectivity index (χ3n) is 6.08. The summed E-state index contributed by atoms with van der Waals surface area (Å²) in [6, 6.07) is 17.5. The fraction of sp³-hybridized carbons (Fsp3) is 0.269. The zero-order chi connectivity index (χ0) is 24.4. The van der Waals surface area contributed by atoms with Crippen LogP contribution in [0.25, 0.3) is 10.9 Å². The van der Waals surface area contributed by atoms with Crippen LogP contribution in [0.4, 0.5) is 17.2 Å². The predicted octanol–water partition coefficient (Wildman–Crippen LogP) is 5.57. The van der Waals surface area contributed by atoms with Crippen LogP contribution in [-0.4, -0.2) is 41.1 Å². The maximum absolute atomic E-state index is 12.7. The van der Waals surface area contributed by atoms with Gasteiger partial charge in [0.1, 0.15) is 11.4 Å². The van der Waals surface area contributed by atoms with Crippen LogP contribution < -0.4 is 20.1 Å². The molecule has 2 heterocycles. The van der Waals surface area contributed by atoms with Crippen LogP contribution in [0.3, 0.4) is 0 Å². The quantitative estimate of drug-likeness (QED) is 0.264. The van der Waals surface area contributed by atoms with Crippen LogP contribution in [0.5, 0.6) is 11.6 Å². The Balaban J connectivity index is 1.28. The lowest BCUT2D eigenvalue weighted by Gasteiger charge is -2.11. The number of rotatable bonds is 9. The van der Waals surface area contributed by atoms with Crippen molar-refractivity contribution in [1.82, 2.24) is 15.2 Å². The van der Waals surface area contributed by atoms with E-state index in [0.717, 1.165) is 45.0 Å². The Kier molecular flexibility index (Phi) is 6.50. The van der Waals surface area contributed by atoms with Crippen molar-refractivity contribution in [2.24, 2.45) is 5.92 Å². The van der Waals surface area contributed by atoms with Crippen LogP contribution in [0, 0.1) is 5.92 Å². The molecule has 1 aliphatic rings. The molecule has 180 valence electrons. The number of H-pyrrole nitrogens is 1. The molecule has 1 amide bonds. The zero-order valence-electron chi connectivity index (χ0n) is 19.8. The Bertz CT molecular complexity index is 1360. The van der Waals surface area contributed by atoms with Gasteiger partial charge in [-0.15, -0.1) is 11.8 Å². The summed E-state index contributed by atoms with van der Waals surface area (Å²) in [5, 5.41) is 15.8. The van der Waals surface area contributed by atoms with Gasteiger partial charge in [-0.25, -0.2) is 4.98 Å². The highest BCUT2D eigenvalue weighted by molar-refractivity contribution is 7.98. The highest BCUT2D eigenvalue weighted by Gasteiger charge is 2.44. The van der Waals surface area contributed by atoms with E-state index in [1.54, 1.807) is 18.9 Å². The number of thioether (sulfide) groups is 1. The van der Waals surface area contributed by atoms with E-state index in [-0.39, 0.29) is 17.7 Å². The highest BCUT2D eigenvalue weighted by Crippen LogP contribution is 2.48. The number of methoxy groups -OCH3 is 1. The molecule has 2 aromatic carbocycles. The first kappa shape index (κ1) is 23.0. The van der Waals surface area contributed by atoms with Gasteiger partial charge in [0.05, 0.1) is 24.3 Å². The summed E-state index contributed by atoms with van der Waals surface area (Å²) in [6.07, 6.45) is 2.81. The van der Waals surface area contributed by atoms with Crippen molar-refractivity contribution in [2.75, 3.05) is 30.6 Å². The Morgan fingerprint density at radius 1 is 1.17 bits per heavy atom. The summed E-state index contributed by atoms with van der Waals surface area (Å²) in [5.41, 5.74) is 3.58. The molecule has 8 nitrogen and oxygen atoms in total. The zero-order valence-corrected chi connectivity index (χ0v) is 20.6. The summed E-state index contributed by atoms with van der Waals surface area (Å²) < 4.78 is 10.9. The van der Waals surface area contributed by atoms with E-state index in [1.807, 2.05) is 55.6 Å². The second-order valence-corrected chi connectivity index (χ2v) is 9.13. The van der Waals surface area contributed by atoms with Crippen molar-refractivity contribution in [1.29, 1.82) is 0 Å². The van der Waals surface area contributed by atoms with Crippen molar-refractivity contribution >= 4 is 45.8 Å². The molecule has 0 radical (unpaired) electrons. The van der Waals surface area contributed by atoms with E-state index in [1.165, 1.54) is 0 Å². The number of carbonyl (C=O) groups is 1. The number of ether oxygens (including phenoxy) is 2. The van der Waals surface area contributed by atoms with Crippen LogP contribution in [0.15, 0.2) is 59.6 Å². The van der Waals surface area contributed by atoms with Crippen LogP contribution in [-0.2, 0) is 4.79 Å². The predicted molar refractivity (Wildman–Crippen MR) is 139 cm³/mol. The number of fused-ring (bicyclic) bond motifs is 1. The summed E-state index contributed by atoms with van der Waals surface area (Å²) in [6.45, 7) is 2.46. The Morgan fingerprint density at radius 3 is 2.74 bits per heavy atom. The van der Waals surface area contributed by atoms with E-state index < -0.39 is 0 Å². The first-order chi connectivity index (χ1) is 17.1. The van der Waals surface area contributed by atoms with E-state index in [9.17, 15) is 4.79 Å². The molecule has 1 fully saturated rings. The molecule has 0 aliphatic heterocycles. The molecule has 2 aromatic heterocycles. The number of amides is 1. The fourth-order valence-electron chi connectivity index (χ4n) is 4.13. The Morgan fingerprint density at radius 2 is 2.00 bits per heavy atom. The number of pyridine rings is 1. The van der Waals surface area contributed by atoms with Gasteiger partial charge >= 0.3 is 0 Å². The first-order valence-electron chi connectivity index (χ1n) is 11.5.